The summed E-state index contributed by atoms with van der Waals surface area (Å²) in [5.74, 6) is 7.39. The summed E-state index contributed by atoms with van der Waals surface area (Å²) in [7, 11) is 0. The highest BCUT2D eigenvalue weighted by Gasteiger charge is 2.11. The van der Waals surface area contributed by atoms with Crippen LogP contribution in [0.5, 0.6) is 5.88 Å². The molecule has 0 aliphatic carbocycles. The van der Waals surface area contributed by atoms with Crippen molar-refractivity contribution in [2.24, 2.45) is 5.84 Å². The van der Waals surface area contributed by atoms with Crippen LogP contribution in [-0.4, -0.2) is 41.1 Å². The minimum atomic E-state index is 0.602. The Hall–Kier alpha value is -1.40. The lowest BCUT2D eigenvalue weighted by Gasteiger charge is -2.15. The maximum Gasteiger partial charge on any atom is 0.218 e. The van der Waals surface area contributed by atoms with Crippen LogP contribution in [0, 0.1) is 0 Å². The Morgan fingerprint density at radius 1 is 1.37 bits per heavy atom. The first-order chi connectivity index (χ1) is 9.31. The number of hydrogen-bond donors (Lipinski definition) is 2. The van der Waals surface area contributed by atoms with Crippen molar-refractivity contribution in [3.05, 3.63) is 11.9 Å². The Kier molecular flexibility index (Phi) is 5.35. The van der Waals surface area contributed by atoms with E-state index >= 15 is 0 Å². The number of hydrazine groups is 1. The summed E-state index contributed by atoms with van der Waals surface area (Å²) < 4.78 is 5.71. The van der Waals surface area contributed by atoms with Crippen LogP contribution in [0.3, 0.4) is 0 Å². The molecule has 3 N–H and O–H groups in total. The zero-order chi connectivity index (χ0) is 13.5. The quantitative estimate of drug-likeness (QED) is 0.569. The maximum atomic E-state index is 5.71. The number of nitrogens with zero attached hydrogens (tertiary/aromatic N) is 3. The van der Waals surface area contributed by atoms with Gasteiger partial charge in [-0.25, -0.2) is 10.8 Å². The van der Waals surface area contributed by atoms with Crippen LogP contribution < -0.4 is 16.0 Å². The zero-order valence-electron chi connectivity index (χ0n) is 11.6. The highest BCUT2D eigenvalue weighted by Crippen LogP contribution is 2.14. The SMILES string of the molecule is CCCc1nc(NN)cc(OCCN2CCCC2)n1. The number of ether oxygens (including phenoxy) is 1. The third-order valence-electron chi connectivity index (χ3n) is 3.23. The Bertz CT molecular complexity index is 393. The highest BCUT2D eigenvalue weighted by molar-refractivity contribution is 5.36. The fourth-order valence-electron chi connectivity index (χ4n) is 2.24. The molecule has 0 aromatic carbocycles. The highest BCUT2D eigenvalue weighted by atomic mass is 16.5. The van der Waals surface area contributed by atoms with Crippen molar-refractivity contribution in [1.82, 2.24) is 14.9 Å². The molecule has 0 atom stereocenters. The monoisotopic (exact) mass is 265 g/mol. The summed E-state index contributed by atoms with van der Waals surface area (Å²) in [6.45, 7) is 6.08. The van der Waals surface area contributed by atoms with Crippen LogP contribution in [0.1, 0.15) is 32.0 Å². The third-order valence-corrected chi connectivity index (χ3v) is 3.23. The average molecular weight is 265 g/mol. The Morgan fingerprint density at radius 3 is 2.84 bits per heavy atom. The normalized spacial score (nSPS) is 15.7. The van der Waals surface area contributed by atoms with Crippen LogP contribution in [0.4, 0.5) is 5.82 Å². The van der Waals surface area contributed by atoms with Gasteiger partial charge in [0.25, 0.3) is 0 Å². The Morgan fingerprint density at radius 2 is 2.16 bits per heavy atom. The maximum absolute atomic E-state index is 5.71. The number of aryl methyl sites for hydroxylation is 1. The van der Waals surface area contributed by atoms with E-state index < -0.39 is 0 Å². The lowest BCUT2D eigenvalue weighted by molar-refractivity contribution is 0.231. The van der Waals surface area contributed by atoms with Crippen molar-refractivity contribution in [3.8, 4) is 5.88 Å². The number of nitrogen functional groups attached to an aromatic ring is 1. The van der Waals surface area contributed by atoms with Gasteiger partial charge in [-0.1, -0.05) is 6.92 Å². The van der Waals surface area contributed by atoms with Crippen LogP contribution in [-0.2, 0) is 6.42 Å². The van der Waals surface area contributed by atoms with E-state index in [1.807, 2.05) is 0 Å². The topological polar surface area (TPSA) is 76.3 Å². The van der Waals surface area contributed by atoms with Gasteiger partial charge in [0, 0.05) is 19.0 Å². The van der Waals surface area contributed by atoms with E-state index in [4.69, 9.17) is 10.6 Å². The molecule has 1 aliphatic rings. The molecule has 1 aromatic rings. The fourth-order valence-corrected chi connectivity index (χ4v) is 2.24. The molecule has 19 heavy (non-hydrogen) atoms. The molecule has 106 valence electrons. The molecule has 2 rings (SSSR count). The first-order valence-corrected chi connectivity index (χ1v) is 7.01. The minimum Gasteiger partial charge on any atom is -0.476 e. The van der Waals surface area contributed by atoms with Crippen LogP contribution in [0.2, 0.25) is 0 Å². The molecule has 1 saturated heterocycles. The second-order valence-electron chi connectivity index (χ2n) is 4.80. The number of hydrogen-bond acceptors (Lipinski definition) is 6. The van der Waals surface area contributed by atoms with Gasteiger partial charge in [-0.2, -0.15) is 4.98 Å². The van der Waals surface area contributed by atoms with Crippen molar-refractivity contribution >= 4 is 5.82 Å². The van der Waals surface area contributed by atoms with E-state index in [0.29, 0.717) is 18.3 Å². The van der Waals surface area contributed by atoms with Crippen molar-refractivity contribution in [2.45, 2.75) is 32.6 Å². The minimum absolute atomic E-state index is 0.602. The Balaban J connectivity index is 1.88. The second kappa shape index (κ2) is 7.25. The zero-order valence-corrected chi connectivity index (χ0v) is 11.6. The van der Waals surface area contributed by atoms with E-state index in [2.05, 4.69) is 27.2 Å². The van der Waals surface area contributed by atoms with Gasteiger partial charge in [0.15, 0.2) is 0 Å². The molecular weight excluding hydrogens is 242 g/mol. The smallest absolute Gasteiger partial charge is 0.218 e. The van der Waals surface area contributed by atoms with Gasteiger partial charge in [-0.05, 0) is 32.4 Å². The summed E-state index contributed by atoms with van der Waals surface area (Å²) in [5, 5.41) is 0. The lowest BCUT2D eigenvalue weighted by atomic mass is 10.3. The third kappa shape index (κ3) is 4.33. The molecule has 0 unspecified atom stereocenters. The summed E-state index contributed by atoms with van der Waals surface area (Å²) in [6.07, 6.45) is 4.43. The number of nitrogens with one attached hydrogen (secondary N) is 1. The molecule has 0 radical (unpaired) electrons. The number of anilines is 1. The van der Waals surface area contributed by atoms with Gasteiger partial charge in [-0.15, -0.1) is 0 Å². The first kappa shape index (κ1) is 14.0. The van der Waals surface area contributed by atoms with E-state index in [1.165, 1.54) is 25.9 Å². The lowest BCUT2D eigenvalue weighted by Crippen LogP contribution is -2.25. The summed E-state index contributed by atoms with van der Waals surface area (Å²) in [6, 6.07) is 1.74. The van der Waals surface area contributed by atoms with Gasteiger partial charge in [-0.3, -0.25) is 4.90 Å². The summed E-state index contributed by atoms with van der Waals surface area (Å²) >= 11 is 0. The molecule has 6 heteroatoms. The standard InChI is InChI=1S/C13H23N5O/c1-2-5-11-15-12(17-14)10-13(16-11)19-9-8-18-6-3-4-7-18/h10H,2-9,14H2,1H3,(H,15,16,17). The van der Waals surface area contributed by atoms with Crippen molar-refractivity contribution in [2.75, 3.05) is 31.7 Å². The van der Waals surface area contributed by atoms with Gasteiger partial charge in [0.1, 0.15) is 18.2 Å². The number of aromatic nitrogens is 2. The predicted octanol–water partition coefficient (Wildman–Crippen LogP) is 1.19. The number of rotatable bonds is 7. The Labute approximate surface area is 114 Å². The van der Waals surface area contributed by atoms with Crippen LogP contribution >= 0.6 is 0 Å². The van der Waals surface area contributed by atoms with Crippen molar-refractivity contribution in [1.29, 1.82) is 0 Å². The molecule has 0 spiro atoms. The molecule has 1 aliphatic heterocycles. The summed E-state index contributed by atoms with van der Waals surface area (Å²) in [5.41, 5.74) is 2.56. The van der Waals surface area contributed by atoms with E-state index in [-0.39, 0.29) is 0 Å². The fraction of sp³-hybridized carbons (Fsp3) is 0.692. The van der Waals surface area contributed by atoms with Crippen molar-refractivity contribution in [3.63, 3.8) is 0 Å². The van der Waals surface area contributed by atoms with Crippen LogP contribution in [0.25, 0.3) is 0 Å². The molecule has 6 nitrogen and oxygen atoms in total. The van der Waals surface area contributed by atoms with Gasteiger partial charge < -0.3 is 10.2 Å². The summed E-state index contributed by atoms with van der Waals surface area (Å²) in [4.78, 5) is 11.1. The van der Waals surface area contributed by atoms with Crippen molar-refractivity contribution < 1.29 is 4.74 Å². The largest absolute Gasteiger partial charge is 0.476 e. The second-order valence-corrected chi connectivity index (χ2v) is 4.80. The molecule has 1 aromatic heterocycles. The van der Waals surface area contributed by atoms with Gasteiger partial charge in [0.05, 0.1) is 0 Å². The van der Waals surface area contributed by atoms with E-state index in [9.17, 15) is 0 Å². The van der Waals surface area contributed by atoms with Crippen LogP contribution in [0.15, 0.2) is 6.07 Å². The molecular formula is C13H23N5O. The van der Waals surface area contributed by atoms with Gasteiger partial charge >= 0.3 is 0 Å². The molecule has 0 bridgehead atoms. The van der Waals surface area contributed by atoms with E-state index in [1.54, 1.807) is 6.07 Å². The molecule has 2 heterocycles. The van der Waals surface area contributed by atoms with E-state index in [0.717, 1.165) is 25.2 Å². The number of likely N-dealkylation sites (tertiary alicyclic amines) is 1. The number of nitrogens with two attached hydrogens (primary N) is 1. The average Bonchev–Trinajstić information content (AvgIpc) is 2.92. The molecule has 0 saturated carbocycles. The predicted molar refractivity (Wildman–Crippen MR) is 75.0 cm³/mol. The molecule has 1 fully saturated rings. The first-order valence-electron chi connectivity index (χ1n) is 7.01. The van der Waals surface area contributed by atoms with Gasteiger partial charge in [0.2, 0.25) is 5.88 Å². The molecule has 0 amide bonds.